The van der Waals surface area contributed by atoms with Crippen LogP contribution in [0.15, 0.2) is 24.3 Å². The molecule has 1 aliphatic heterocycles. The van der Waals surface area contributed by atoms with Gasteiger partial charge in [-0.1, -0.05) is 51.5 Å². The van der Waals surface area contributed by atoms with E-state index in [-0.39, 0.29) is 5.97 Å². The van der Waals surface area contributed by atoms with Crippen molar-refractivity contribution in [1.29, 1.82) is 0 Å². The van der Waals surface area contributed by atoms with Gasteiger partial charge in [0, 0.05) is 0 Å². The maximum atomic E-state index is 12.4. The highest BCUT2D eigenvalue weighted by Crippen LogP contribution is 2.61. The first-order valence-corrected chi connectivity index (χ1v) is 8.07. The van der Waals surface area contributed by atoms with E-state index in [1.54, 1.807) is 0 Å². The van der Waals surface area contributed by atoms with Crippen LogP contribution in [0.25, 0.3) is 0 Å². The Kier molecular flexibility index (Phi) is 4.72. The first kappa shape index (κ1) is 16.0. The van der Waals surface area contributed by atoms with Gasteiger partial charge < -0.3 is 9.47 Å². The number of hydrogen-bond donors (Lipinski definition) is 0. The molecule has 2 atom stereocenters. The quantitative estimate of drug-likeness (QED) is 0.563. The third-order valence-electron chi connectivity index (χ3n) is 4.49. The number of rotatable bonds is 7. The Labute approximate surface area is 127 Å². The van der Waals surface area contributed by atoms with Gasteiger partial charge in [0.1, 0.15) is 5.60 Å². The second-order valence-corrected chi connectivity index (χ2v) is 5.63. The van der Waals surface area contributed by atoms with Crippen molar-refractivity contribution in [2.75, 3.05) is 6.61 Å². The van der Waals surface area contributed by atoms with E-state index in [1.165, 1.54) is 5.56 Å². The van der Waals surface area contributed by atoms with E-state index < -0.39 is 11.2 Å². The summed E-state index contributed by atoms with van der Waals surface area (Å²) in [4.78, 5) is 12.4. The van der Waals surface area contributed by atoms with Crippen LogP contribution < -0.4 is 0 Å². The zero-order chi connectivity index (χ0) is 15.5. The highest BCUT2D eigenvalue weighted by atomic mass is 16.7. The normalized spacial score (nSPS) is 27.4. The maximum Gasteiger partial charge on any atom is 0.341 e. The molecule has 3 nitrogen and oxygen atoms in total. The zero-order valence-corrected chi connectivity index (χ0v) is 13.6. The number of carbonyl (C=O) groups excluding carboxylic acids is 1. The molecule has 0 amide bonds. The van der Waals surface area contributed by atoms with Gasteiger partial charge in [-0.05, 0) is 37.3 Å². The fourth-order valence-electron chi connectivity index (χ4n) is 3.30. The summed E-state index contributed by atoms with van der Waals surface area (Å²) in [6.45, 7) is 8.51. The second kappa shape index (κ2) is 6.18. The minimum absolute atomic E-state index is 0.215. The molecule has 0 bridgehead atoms. The number of benzene rings is 1. The van der Waals surface area contributed by atoms with Gasteiger partial charge in [-0.2, -0.15) is 0 Å². The van der Waals surface area contributed by atoms with E-state index in [0.717, 1.165) is 24.8 Å². The van der Waals surface area contributed by atoms with Crippen molar-refractivity contribution in [3.63, 3.8) is 0 Å². The SMILES string of the molecule is CCCC1(C(=O)OCC)OC1(CC)c1ccc(CC)cc1. The minimum atomic E-state index is -0.791. The summed E-state index contributed by atoms with van der Waals surface area (Å²) in [6.07, 6.45) is 3.39. The van der Waals surface area contributed by atoms with Gasteiger partial charge in [-0.15, -0.1) is 0 Å². The summed E-state index contributed by atoms with van der Waals surface area (Å²) in [7, 11) is 0. The monoisotopic (exact) mass is 290 g/mol. The van der Waals surface area contributed by atoms with Crippen molar-refractivity contribution in [3.8, 4) is 0 Å². The number of aryl methyl sites for hydroxylation is 1. The Bertz CT molecular complexity index is 494. The molecule has 116 valence electrons. The van der Waals surface area contributed by atoms with Gasteiger partial charge in [0.25, 0.3) is 0 Å². The molecule has 0 spiro atoms. The van der Waals surface area contributed by atoms with E-state index in [0.29, 0.717) is 13.0 Å². The Balaban J connectivity index is 2.35. The largest absolute Gasteiger partial charge is 0.464 e. The van der Waals surface area contributed by atoms with Gasteiger partial charge in [-0.25, -0.2) is 4.79 Å². The standard InChI is InChI=1S/C18H26O3/c1-5-13-18(16(19)20-8-4)17(7-3,21-18)15-11-9-14(6-2)10-12-15/h9-12H,5-8,13H2,1-4H3. The minimum Gasteiger partial charge on any atom is -0.464 e. The highest BCUT2D eigenvalue weighted by Gasteiger charge is 2.74. The molecule has 2 unspecified atom stereocenters. The summed E-state index contributed by atoms with van der Waals surface area (Å²) in [5.41, 5.74) is 1.08. The first-order chi connectivity index (χ1) is 10.1. The lowest BCUT2D eigenvalue weighted by Gasteiger charge is -2.18. The number of esters is 1. The Morgan fingerprint density at radius 3 is 2.29 bits per heavy atom. The fourth-order valence-corrected chi connectivity index (χ4v) is 3.30. The fraction of sp³-hybridized carbons (Fsp3) is 0.611. The topological polar surface area (TPSA) is 38.8 Å². The second-order valence-electron chi connectivity index (χ2n) is 5.63. The lowest BCUT2D eigenvalue weighted by molar-refractivity contribution is -0.149. The number of hydrogen-bond acceptors (Lipinski definition) is 3. The molecule has 0 N–H and O–H groups in total. The molecule has 1 aromatic carbocycles. The van der Waals surface area contributed by atoms with Gasteiger partial charge >= 0.3 is 5.97 Å². The molecule has 0 saturated carbocycles. The van der Waals surface area contributed by atoms with Crippen molar-refractivity contribution in [3.05, 3.63) is 35.4 Å². The summed E-state index contributed by atoms with van der Waals surface area (Å²) in [5.74, 6) is -0.215. The van der Waals surface area contributed by atoms with Crippen molar-refractivity contribution in [2.45, 2.75) is 64.6 Å². The third kappa shape index (κ3) is 2.48. The van der Waals surface area contributed by atoms with Crippen LogP contribution in [0.4, 0.5) is 0 Å². The van der Waals surface area contributed by atoms with E-state index in [9.17, 15) is 4.79 Å². The molecule has 0 radical (unpaired) electrons. The molecule has 1 heterocycles. The number of ether oxygens (including phenoxy) is 2. The average Bonchev–Trinajstić information content (AvgIpc) is 3.18. The molecule has 2 rings (SSSR count). The van der Waals surface area contributed by atoms with Crippen molar-refractivity contribution >= 4 is 5.97 Å². The Hall–Kier alpha value is -1.35. The Morgan fingerprint density at radius 2 is 1.81 bits per heavy atom. The lowest BCUT2D eigenvalue weighted by Crippen LogP contribution is -2.34. The molecule has 1 saturated heterocycles. The van der Waals surface area contributed by atoms with Gasteiger partial charge in [-0.3, -0.25) is 0 Å². The average molecular weight is 290 g/mol. The molecular formula is C18H26O3. The molecule has 1 aromatic rings. The number of carbonyl (C=O) groups is 1. The zero-order valence-electron chi connectivity index (χ0n) is 13.6. The van der Waals surface area contributed by atoms with Crippen LogP contribution in [0, 0.1) is 0 Å². The van der Waals surface area contributed by atoms with Gasteiger partial charge in [0.2, 0.25) is 0 Å². The van der Waals surface area contributed by atoms with Crippen LogP contribution in [-0.2, 0) is 26.3 Å². The van der Waals surface area contributed by atoms with Crippen molar-refractivity contribution < 1.29 is 14.3 Å². The Morgan fingerprint density at radius 1 is 1.14 bits per heavy atom. The van der Waals surface area contributed by atoms with Crippen LogP contribution in [-0.4, -0.2) is 18.2 Å². The molecule has 3 heteroatoms. The third-order valence-corrected chi connectivity index (χ3v) is 4.49. The number of epoxide rings is 1. The lowest BCUT2D eigenvalue weighted by atomic mass is 9.81. The summed E-state index contributed by atoms with van der Waals surface area (Å²) < 4.78 is 11.4. The van der Waals surface area contributed by atoms with Gasteiger partial charge in [0.15, 0.2) is 5.60 Å². The molecule has 1 aliphatic rings. The highest BCUT2D eigenvalue weighted by molar-refractivity contribution is 5.85. The first-order valence-electron chi connectivity index (χ1n) is 8.07. The van der Waals surface area contributed by atoms with E-state index in [1.807, 2.05) is 6.92 Å². The van der Waals surface area contributed by atoms with Crippen LogP contribution in [0.3, 0.4) is 0 Å². The van der Waals surface area contributed by atoms with E-state index in [4.69, 9.17) is 9.47 Å². The van der Waals surface area contributed by atoms with Crippen LogP contribution in [0.2, 0.25) is 0 Å². The molecule has 1 fully saturated rings. The van der Waals surface area contributed by atoms with E-state index in [2.05, 4.69) is 45.0 Å². The summed E-state index contributed by atoms with van der Waals surface area (Å²) >= 11 is 0. The predicted octanol–water partition coefficient (Wildman–Crippen LogP) is 3.99. The molecule has 0 aromatic heterocycles. The van der Waals surface area contributed by atoms with Gasteiger partial charge in [0.05, 0.1) is 6.61 Å². The molecule has 0 aliphatic carbocycles. The van der Waals surface area contributed by atoms with E-state index >= 15 is 0 Å². The smallest absolute Gasteiger partial charge is 0.341 e. The van der Waals surface area contributed by atoms with Crippen LogP contribution >= 0.6 is 0 Å². The molecule has 21 heavy (non-hydrogen) atoms. The summed E-state index contributed by atoms with van der Waals surface area (Å²) in [6, 6.07) is 8.44. The van der Waals surface area contributed by atoms with Crippen LogP contribution in [0.5, 0.6) is 0 Å². The molecular weight excluding hydrogens is 264 g/mol. The van der Waals surface area contributed by atoms with Crippen molar-refractivity contribution in [1.82, 2.24) is 0 Å². The van der Waals surface area contributed by atoms with Crippen LogP contribution in [0.1, 0.15) is 58.1 Å². The van der Waals surface area contributed by atoms with Crippen molar-refractivity contribution in [2.24, 2.45) is 0 Å². The summed E-state index contributed by atoms with van der Waals surface area (Å²) in [5, 5.41) is 0. The maximum absolute atomic E-state index is 12.4. The predicted molar refractivity (Wildman–Crippen MR) is 83.1 cm³/mol.